The first-order chi connectivity index (χ1) is 24.4. The number of fused-ring (bicyclic) bond motifs is 4. The first-order valence-electron chi connectivity index (χ1n) is 19.9. The van der Waals surface area contributed by atoms with E-state index in [-0.39, 0.29) is 46.2 Å². The third kappa shape index (κ3) is 5.15. The number of aliphatic hydroxyl groups is 6. The van der Waals surface area contributed by atoms with E-state index in [1.165, 1.54) is 5.57 Å². The zero-order valence-electron chi connectivity index (χ0n) is 32.1. The summed E-state index contributed by atoms with van der Waals surface area (Å²) in [6.45, 7) is 16.3. The topological polar surface area (TPSA) is 177 Å². The van der Waals surface area contributed by atoms with Gasteiger partial charge in [-0.15, -0.1) is 0 Å². The van der Waals surface area contributed by atoms with Gasteiger partial charge in [0.2, 0.25) is 0 Å². The van der Waals surface area contributed by atoms with Crippen LogP contribution in [-0.4, -0.2) is 124 Å². The number of ether oxygens (including phenoxy) is 6. The molecule has 4 heterocycles. The Morgan fingerprint density at radius 2 is 1.58 bits per heavy atom. The molecule has 0 radical (unpaired) electrons. The van der Waals surface area contributed by atoms with Gasteiger partial charge in [-0.1, -0.05) is 39.3 Å². The summed E-state index contributed by atoms with van der Waals surface area (Å²) >= 11 is 0. The molecule has 4 saturated heterocycles. The minimum absolute atomic E-state index is 0.0159. The first kappa shape index (κ1) is 38.1. The van der Waals surface area contributed by atoms with Crippen molar-refractivity contribution >= 4 is 0 Å². The molecule has 12 heteroatoms. The highest BCUT2D eigenvalue weighted by Crippen LogP contribution is 2.80. The van der Waals surface area contributed by atoms with Gasteiger partial charge in [-0.2, -0.15) is 0 Å². The van der Waals surface area contributed by atoms with Gasteiger partial charge in [-0.25, -0.2) is 0 Å². The van der Waals surface area contributed by atoms with E-state index in [1.54, 1.807) is 0 Å². The molecule has 8 aliphatic rings. The SMILES string of the molecule is CC(C)=CC1CO[C@]23C[C@]4(CO2)[C@H](CC[C@@H]2[C@@]5(C)CC[C@H](O[C@@H]6OC[C@H](O)[C@H](O)[C@H]6O[C@@H]6O[C@@H](CO)[C@H](O)[C@H]6O)C(C)(C)[C@@H]5CC[C@]24C)[C@H]3[C@@]1(C)O. The normalized spacial score (nSPS) is 57.8. The lowest BCUT2D eigenvalue weighted by molar-refractivity contribution is -0.345. The van der Waals surface area contributed by atoms with E-state index in [4.69, 9.17) is 28.4 Å². The molecule has 6 N–H and O–H groups in total. The molecule has 12 nitrogen and oxygen atoms in total. The van der Waals surface area contributed by atoms with Gasteiger partial charge in [-0.3, -0.25) is 0 Å². The van der Waals surface area contributed by atoms with Crippen LogP contribution in [0.5, 0.6) is 0 Å². The Hall–Kier alpha value is -0.740. The van der Waals surface area contributed by atoms with Crippen LogP contribution in [0, 0.1) is 51.2 Å². The molecule has 4 saturated carbocycles. The summed E-state index contributed by atoms with van der Waals surface area (Å²) in [5, 5.41) is 64.3. The van der Waals surface area contributed by atoms with E-state index in [0.717, 1.165) is 44.9 Å². The molecule has 19 atom stereocenters. The van der Waals surface area contributed by atoms with Gasteiger partial charge < -0.3 is 59.1 Å². The van der Waals surface area contributed by atoms with Crippen molar-refractivity contribution in [3.8, 4) is 0 Å². The standard InChI is InChI=1S/C40H64O12/c1-20(2)14-21-16-48-40-18-39(19-49-40)22(32(40)38(21,7)46)8-9-26-36(5)12-11-27(35(3,4)25(36)10-13-37(26,39)6)51-34-31(28(43)23(42)17-47-34)52-33-30(45)29(44)24(15-41)50-33/h14,21-34,41-46H,8-13,15-19H2,1-7H3/t21?,22-,23+,24+,25+,26-,27+,28+,29+,30-,31-,32+,33+,34+,36+,37-,38+,39+,40-/m1/s1. The van der Waals surface area contributed by atoms with Crippen molar-refractivity contribution in [2.24, 2.45) is 51.2 Å². The second-order valence-electron chi connectivity index (χ2n) is 19.6. The van der Waals surface area contributed by atoms with E-state index in [9.17, 15) is 30.6 Å². The average molecular weight is 737 g/mol. The summed E-state index contributed by atoms with van der Waals surface area (Å²) in [5.74, 6) is 0.263. The highest BCUT2D eigenvalue weighted by atomic mass is 16.8. The van der Waals surface area contributed by atoms with Crippen LogP contribution in [0.15, 0.2) is 11.6 Å². The maximum absolute atomic E-state index is 12.3. The quantitative estimate of drug-likeness (QED) is 0.174. The second kappa shape index (κ2) is 12.6. The van der Waals surface area contributed by atoms with Crippen molar-refractivity contribution < 1.29 is 59.1 Å². The van der Waals surface area contributed by atoms with Crippen LogP contribution in [-0.2, 0) is 28.4 Å². The molecule has 0 amide bonds. The minimum atomic E-state index is -1.46. The predicted octanol–water partition coefficient (Wildman–Crippen LogP) is 2.64. The molecule has 0 aromatic rings. The zero-order chi connectivity index (χ0) is 37.4. The summed E-state index contributed by atoms with van der Waals surface area (Å²) in [6.07, 6.45) is -1.31. The number of rotatable bonds is 6. The summed E-state index contributed by atoms with van der Waals surface area (Å²) in [5.41, 5.74) is -0.0222. The Balaban J connectivity index is 1.03. The zero-order valence-corrected chi connectivity index (χ0v) is 32.1. The molecule has 296 valence electrons. The Labute approximate surface area is 308 Å². The Morgan fingerprint density at radius 1 is 0.827 bits per heavy atom. The highest BCUT2D eigenvalue weighted by molar-refractivity contribution is 5.27. The molecule has 0 aromatic heterocycles. The fourth-order valence-electron chi connectivity index (χ4n) is 14.1. The van der Waals surface area contributed by atoms with E-state index in [1.807, 2.05) is 6.92 Å². The molecular formula is C40H64O12. The van der Waals surface area contributed by atoms with Crippen molar-refractivity contribution in [3.63, 3.8) is 0 Å². The van der Waals surface area contributed by atoms with Gasteiger partial charge in [0.15, 0.2) is 18.4 Å². The monoisotopic (exact) mass is 736 g/mol. The van der Waals surface area contributed by atoms with Gasteiger partial charge in [0.1, 0.15) is 36.6 Å². The average Bonchev–Trinajstić information content (AvgIpc) is 3.70. The Bertz CT molecular complexity index is 1400. The molecule has 1 unspecified atom stereocenters. The largest absolute Gasteiger partial charge is 0.394 e. The van der Waals surface area contributed by atoms with Gasteiger partial charge in [0.25, 0.3) is 0 Å². The molecule has 8 rings (SSSR count). The summed E-state index contributed by atoms with van der Waals surface area (Å²) < 4.78 is 37.8. The molecule has 4 aliphatic heterocycles. The Kier molecular flexibility index (Phi) is 9.27. The van der Waals surface area contributed by atoms with Gasteiger partial charge >= 0.3 is 0 Å². The van der Waals surface area contributed by atoms with Crippen LogP contribution < -0.4 is 0 Å². The van der Waals surface area contributed by atoms with Gasteiger partial charge in [-0.05, 0) is 93.3 Å². The molecular weight excluding hydrogens is 672 g/mol. The van der Waals surface area contributed by atoms with E-state index < -0.39 is 67.2 Å². The molecule has 2 bridgehead atoms. The molecule has 4 aliphatic carbocycles. The van der Waals surface area contributed by atoms with Crippen LogP contribution >= 0.6 is 0 Å². The summed E-state index contributed by atoms with van der Waals surface area (Å²) in [6, 6.07) is 0. The molecule has 0 aromatic carbocycles. The summed E-state index contributed by atoms with van der Waals surface area (Å²) in [4.78, 5) is 0. The van der Waals surface area contributed by atoms with Crippen molar-refractivity contribution in [1.29, 1.82) is 0 Å². The van der Waals surface area contributed by atoms with Crippen LogP contribution in [0.2, 0.25) is 0 Å². The lowest BCUT2D eigenvalue weighted by Crippen LogP contribution is -2.68. The Morgan fingerprint density at radius 3 is 2.27 bits per heavy atom. The maximum atomic E-state index is 12.3. The van der Waals surface area contributed by atoms with E-state index in [0.29, 0.717) is 31.0 Å². The fourth-order valence-corrected chi connectivity index (χ4v) is 14.1. The smallest absolute Gasteiger partial charge is 0.187 e. The molecule has 8 fully saturated rings. The van der Waals surface area contributed by atoms with E-state index in [2.05, 4.69) is 47.6 Å². The van der Waals surface area contributed by atoms with Gasteiger partial charge in [0, 0.05) is 23.7 Å². The summed E-state index contributed by atoms with van der Waals surface area (Å²) in [7, 11) is 0. The van der Waals surface area contributed by atoms with E-state index >= 15 is 0 Å². The van der Waals surface area contributed by atoms with Crippen LogP contribution in [0.4, 0.5) is 0 Å². The molecule has 52 heavy (non-hydrogen) atoms. The highest BCUT2D eigenvalue weighted by Gasteiger charge is 2.81. The number of hydrogen-bond donors (Lipinski definition) is 6. The third-order valence-electron chi connectivity index (χ3n) is 16.6. The lowest BCUT2D eigenvalue weighted by atomic mass is 9.35. The first-order valence-corrected chi connectivity index (χ1v) is 19.9. The minimum Gasteiger partial charge on any atom is -0.394 e. The number of hydrogen-bond acceptors (Lipinski definition) is 12. The lowest BCUT2D eigenvalue weighted by Gasteiger charge is -2.70. The number of aliphatic hydroxyl groups excluding tert-OH is 5. The van der Waals surface area contributed by atoms with Gasteiger partial charge in [0.05, 0.1) is 38.1 Å². The van der Waals surface area contributed by atoms with Crippen molar-refractivity contribution in [2.45, 2.75) is 160 Å². The second-order valence-corrected chi connectivity index (χ2v) is 19.6. The maximum Gasteiger partial charge on any atom is 0.187 e. The van der Waals surface area contributed by atoms with Crippen LogP contribution in [0.1, 0.15) is 93.4 Å². The fraction of sp³-hybridized carbons (Fsp3) is 0.950. The van der Waals surface area contributed by atoms with Crippen LogP contribution in [0.3, 0.4) is 0 Å². The van der Waals surface area contributed by atoms with Crippen LogP contribution in [0.25, 0.3) is 0 Å². The number of allylic oxidation sites excluding steroid dienone is 1. The van der Waals surface area contributed by atoms with Crippen molar-refractivity contribution in [3.05, 3.63) is 11.6 Å². The predicted molar refractivity (Wildman–Crippen MR) is 186 cm³/mol. The van der Waals surface area contributed by atoms with Crippen molar-refractivity contribution in [2.75, 3.05) is 26.4 Å². The third-order valence-corrected chi connectivity index (χ3v) is 16.6. The van der Waals surface area contributed by atoms with Crippen molar-refractivity contribution in [1.82, 2.24) is 0 Å². The molecule has 2 spiro atoms.